The highest BCUT2D eigenvalue weighted by molar-refractivity contribution is 7.90. The van der Waals surface area contributed by atoms with Crippen molar-refractivity contribution in [2.45, 2.75) is 51.3 Å². The van der Waals surface area contributed by atoms with Gasteiger partial charge in [0.1, 0.15) is 28.3 Å². The molecule has 0 radical (unpaired) electrons. The van der Waals surface area contributed by atoms with Gasteiger partial charge in [-0.3, -0.25) is 25.5 Å². The second-order valence-corrected chi connectivity index (χ2v) is 16.4. The molecule has 22 heteroatoms. The summed E-state index contributed by atoms with van der Waals surface area (Å²) < 4.78 is 84.2. The predicted molar refractivity (Wildman–Crippen MR) is 172 cm³/mol. The molecule has 2 heterocycles. The Hall–Kier alpha value is -4.99. The molecule has 2 aromatic carbocycles. The monoisotopic (exact) mass is 732 g/mol. The Bertz CT molecular complexity index is 1990. The molecule has 3 N–H and O–H groups in total. The van der Waals surface area contributed by atoms with Crippen molar-refractivity contribution >= 4 is 49.4 Å². The van der Waals surface area contributed by atoms with Crippen LogP contribution >= 0.6 is 0 Å². The summed E-state index contributed by atoms with van der Waals surface area (Å²) in [5, 5.41) is 24.1. The van der Waals surface area contributed by atoms with Crippen molar-refractivity contribution in [3.05, 3.63) is 79.4 Å². The number of hydrogen-bond donors (Lipinski definition) is 2. The van der Waals surface area contributed by atoms with Crippen LogP contribution in [0.5, 0.6) is 0 Å². The quantitative estimate of drug-likeness (QED) is 0.341. The largest absolute Gasteiger partial charge is 0.444 e. The fraction of sp³-hybridized carbons (Fsp3) is 0.444. The molecule has 18 nitrogen and oxygen atoms in total. The third kappa shape index (κ3) is 8.54. The van der Waals surface area contributed by atoms with Crippen LogP contribution in [0.15, 0.2) is 46.4 Å². The summed E-state index contributed by atoms with van der Waals surface area (Å²) in [7, 11) is -5.38. The van der Waals surface area contributed by atoms with E-state index in [2.05, 4.69) is 15.3 Å². The van der Waals surface area contributed by atoms with E-state index in [-0.39, 0.29) is 28.7 Å². The molecular weight excluding hydrogens is 698 g/mol. The zero-order valence-corrected chi connectivity index (χ0v) is 28.9. The number of nitro groups is 2. The number of nitrogens with zero attached hydrogens (tertiary/aromatic N) is 6. The Labute approximate surface area is 280 Å². The van der Waals surface area contributed by atoms with Crippen LogP contribution in [0.4, 0.5) is 25.0 Å². The number of halogens is 2. The van der Waals surface area contributed by atoms with Crippen LogP contribution in [0.1, 0.15) is 45.7 Å². The Morgan fingerprint density at radius 2 is 1.29 bits per heavy atom. The van der Waals surface area contributed by atoms with Crippen molar-refractivity contribution in [3.63, 3.8) is 0 Å². The van der Waals surface area contributed by atoms with Crippen molar-refractivity contribution < 1.29 is 45.0 Å². The summed E-state index contributed by atoms with van der Waals surface area (Å²) in [5.41, 5.74) is 0.269. The Balaban J connectivity index is 0.000000276. The molecule has 0 bridgehead atoms. The molecule has 268 valence electrons. The third-order valence-electron chi connectivity index (χ3n) is 7.19. The molecule has 2 aliphatic rings. The maximum atomic E-state index is 14.4. The summed E-state index contributed by atoms with van der Waals surface area (Å²) in [6.07, 6.45) is -0.947. The van der Waals surface area contributed by atoms with Crippen molar-refractivity contribution in [2.24, 2.45) is 15.7 Å². The molecule has 2 aromatic rings. The number of nitrogens with one attached hydrogen (secondary N) is 1. The second kappa shape index (κ2) is 13.1. The summed E-state index contributed by atoms with van der Waals surface area (Å²) in [4.78, 5) is 40.6. The Kier molecular flexibility index (Phi) is 10.3. The zero-order valence-electron chi connectivity index (χ0n) is 27.3. The number of carbonyl (C=O) groups excluding carboxylic acids is 1. The number of sulfonamides is 2. The first-order valence-electron chi connectivity index (χ1n) is 14.0. The van der Waals surface area contributed by atoms with E-state index in [0.717, 1.165) is 45.0 Å². The van der Waals surface area contributed by atoms with E-state index in [1.165, 1.54) is 27.9 Å². The van der Waals surface area contributed by atoms with Gasteiger partial charge in [0, 0.05) is 49.5 Å². The van der Waals surface area contributed by atoms with E-state index in [0.29, 0.717) is 0 Å². The van der Waals surface area contributed by atoms with E-state index in [1.807, 2.05) is 0 Å². The van der Waals surface area contributed by atoms with Gasteiger partial charge in [-0.25, -0.2) is 49.0 Å². The van der Waals surface area contributed by atoms with E-state index in [9.17, 15) is 50.6 Å². The van der Waals surface area contributed by atoms with Gasteiger partial charge in [0.2, 0.25) is 32.0 Å². The molecule has 49 heavy (non-hydrogen) atoms. The van der Waals surface area contributed by atoms with E-state index in [1.54, 1.807) is 20.8 Å². The van der Waals surface area contributed by atoms with Crippen LogP contribution in [0.3, 0.4) is 0 Å². The van der Waals surface area contributed by atoms with E-state index >= 15 is 0 Å². The molecular formula is C27H34F2N8O10S2. The van der Waals surface area contributed by atoms with E-state index < -0.39 is 81.5 Å². The fourth-order valence-electron chi connectivity index (χ4n) is 4.73. The number of non-ortho nitro benzene ring substituents is 2. The number of ether oxygens (including phenoxy) is 1. The number of rotatable bonds is 4. The summed E-state index contributed by atoms with van der Waals surface area (Å²) in [6.45, 7) is 7.55. The molecule has 0 unspecified atom stereocenters. The number of hydrogen-bond acceptors (Lipinski definition) is 13. The zero-order chi connectivity index (χ0) is 37.5. The number of carbonyl (C=O) groups is 1. The van der Waals surface area contributed by atoms with Crippen LogP contribution in [-0.2, 0) is 35.9 Å². The van der Waals surface area contributed by atoms with E-state index in [4.69, 9.17) is 10.5 Å². The minimum Gasteiger partial charge on any atom is -0.444 e. The molecule has 4 rings (SSSR count). The highest BCUT2D eigenvalue weighted by Crippen LogP contribution is 2.36. The third-order valence-corrected chi connectivity index (χ3v) is 11.1. The van der Waals surface area contributed by atoms with Gasteiger partial charge in [0.25, 0.3) is 11.4 Å². The van der Waals surface area contributed by atoms with Crippen LogP contribution in [-0.4, -0.2) is 84.5 Å². The molecule has 2 aliphatic heterocycles. The Morgan fingerprint density at radius 3 is 1.67 bits per heavy atom. The first-order chi connectivity index (χ1) is 22.2. The number of benzene rings is 2. The molecule has 0 spiro atoms. The SMILES string of the molecule is CN1C(N)=N[C@](C)(c2cc([N+](=O)[O-])ccc2F)CS1(=O)=O.CN1C(NC(=O)OC(C)(C)C)=N[C@](C)(c2cc([N+](=O)[O-])ccc2F)CS1(=O)=O. The molecule has 2 atom stereocenters. The molecule has 1 amide bonds. The predicted octanol–water partition coefficient (Wildman–Crippen LogP) is 2.64. The standard InChI is InChI=1S/C16H21FN4O6S.C11H13FN4O4S/c1-15(2,3)27-14(22)18-13-19-16(4,9-28(25,26)20(13)5)11-8-10(21(23)24)6-7-12(11)17;1-11(6-21(19,20)15(2)10(13)14-11)8-5-7(16(17)18)3-4-9(8)12/h6-8H,9H2,1-5H3,(H,18,19,22);3-5H,6H2,1-2H3,(H2,13,14)/t16-;11-/m00/s1. The number of guanidine groups is 2. The first-order valence-corrected chi connectivity index (χ1v) is 17.2. The summed E-state index contributed by atoms with van der Waals surface area (Å²) in [6, 6.07) is 5.67. The highest BCUT2D eigenvalue weighted by atomic mass is 32.2. The maximum Gasteiger partial charge on any atom is 0.414 e. The van der Waals surface area contributed by atoms with Gasteiger partial charge >= 0.3 is 6.09 Å². The van der Waals surface area contributed by atoms with Gasteiger partial charge in [0.05, 0.1) is 21.4 Å². The van der Waals surface area contributed by atoms with Crippen molar-refractivity contribution in [2.75, 3.05) is 25.6 Å². The fourth-order valence-corrected chi connectivity index (χ4v) is 7.65. The minimum atomic E-state index is -4.01. The molecule has 0 saturated carbocycles. The van der Waals surface area contributed by atoms with Gasteiger partial charge in [0.15, 0.2) is 0 Å². The van der Waals surface area contributed by atoms with Crippen molar-refractivity contribution in [1.82, 2.24) is 13.9 Å². The highest BCUT2D eigenvalue weighted by Gasteiger charge is 2.44. The number of nitro benzene ring substituents is 2. The average molecular weight is 733 g/mol. The molecule has 0 saturated heterocycles. The Morgan fingerprint density at radius 1 is 0.878 bits per heavy atom. The van der Waals surface area contributed by atoms with Crippen LogP contribution < -0.4 is 11.1 Å². The van der Waals surface area contributed by atoms with Crippen LogP contribution in [0.2, 0.25) is 0 Å². The number of amides is 1. The number of nitrogens with two attached hydrogens (primary N) is 1. The van der Waals surface area contributed by atoms with Gasteiger partial charge in [-0.05, 0) is 46.8 Å². The minimum absolute atomic E-state index is 0.184. The van der Waals surface area contributed by atoms with Crippen molar-refractivity contribution in [3.8, 4) is 0 Å². The van der Waals surface area contributed by atoms with Crippen LogP contribution in [0, 0.1) is 31.9 Å². The van der Waals surface area contributed by atoms with Gasteiger partial charge in [-0.2, -0.15) is 0 Å². The number of alkyl carbamates (subject to hydrolysis) is 1. The lowest BCUT2D eigenvalue weighted by molar-refractivity contribution is -0.385. The van der Waals surface area contributed by atoms with Crippen LogP contribution in [0.25, 0.3) is 0 Å². The maximum absolute atomic E-state index is 14.4. The van der Waals surface area contributed by atoms with Crippen molar-refractivity contribution in [1.29, 1.82) is 0 Å². The average Bonchev–Trinajstić information content (AvgIpc) is 2.93. The second-order valence-electron chi connectivity index (χ2n) is 12.4. The van der Waals surface area contributed by atoms with Gasteiger partial charge in [-0.15, -0.1) is 0 Å². The normalized spacial score (nSPS) is 22.9. The topological polar surface area (TPSA) is 250 Å². The molecule has 0 aromatic heterocycles. The number of aliphatic imine (C=N–C) groups is 2. The molecule has 0 fully saturated rings. The first kappa shape index (κ1) is 38.5. The van der Waals surface area contributed by atoms with Gasteiger partial charge in [-0.1, -0.05) is 0 Å². The molecule has 0 aliphatic carbocycles. The lowest BCUT2D eigenvalue weighted by Crippen LogP contribution is -2.54. The lowest BCUT2D eigenvalue weighted by atomic mass is 9.93. The lowest BCUT2D eigenvalue weighted by Gasteiger charge is -2.35. The smallest absolute Gasteiger partial charge is 0.414 e. The van der Waals surface area contributed by atoms with Gasteiger partial charge < -0.3 is 10.5 Å². The summed E-state index contributed by atoms with van der Waals surface area (Å²) in [5.74, 6) is -3.49. The summed E-state index contributed by atoms with van der Waals surface area (Å²) >= 11 is 0.